The van der Waals surface area contributed by atoms with Gasteiger partial charge in [-0.2, -0.15) is 0 Å². The van der Waals surface area contributed by atoms with Crippen LogP contribution in [0.3, 0.4) is 0 Å². The molecular formula is C32H53N3O9S. The number of thiocarbonyl (C=S) groups is 1. The number of carbonyl (C=O) groups is 4. The van der Waals surface area contributed by atoms with Crippen molar-refractivity contribution in [3.63, 3.8) is 0 Å². The number of hydrogen-bond acceptors (Lipinski definition) is 11. The van der Waals surface area contributed by atoms with E-state index in [4.69, 9.17) is 41.6 Å². The lowest BCUT2D eigenvalue weighted by atomic mass is 9.73. The number of nitrogens with zero attached hydrogens (tertiary/aromatic N) is 1. The summed E-state index contributed by atoms with van der Waals surface area (Å²) in [7, 11) is 3.97. The zero-order chi connectivity index (χ0) is 34.2. The smallest absolute Gasteiger partial charge is 0.405 e. The molecule has 3 saturated heterocycles. The summed E-state index contributed by atoms with van der Waals surface area (Å²) < 4.78 is 30.7. The van der Waals surface area contributed by atoms with Crippen molar-refractivity contribution in [1.82, 2.24) is 10.2 Å². The Bertz CT molecular complexity index is 1150. The Kier molecular flexibility index (Phi) is 11.7. The molecule has 13 atom stereocenters. The predicted octanol–water partition coefficient (Wildman–Crippen LogP) is 3.37. The molecule has 13 heteroatoms. The van der Waals surface area contributed by atoms with Gasteiger partial charge in [-0.25, -0.2) is 4.79 Å². The number of nitrogens with one attached hydrogen (secondary N) is 1. The number of cyclic esters (lactones) is 1. The summed E-state index contributed by atoms with van der Waals surface area (Å²) in [5.74, 6) is -5.05. The Hall–Kier alpha value is -2.35. The molecule has 12 nitrogen and oxygen atoms in total. The van der Waals surface area contributed by atoms with Gasteiger partial charge in [-0.1, -0.05) is 34.6 Å². The third-order valence-corrected chi connectivity index (χ3v) is 10.4. The van der Waals surface area contributed by atoms with E-state index in [2.05, 4.69) is 10.2 Å². The molecule has 0 bridgehead atoms. The molecule has 0 aromatic rings. The highest BCUT2D eigenvalue weighted by atomic mass is 32.1. The molecule has 0 spiro atoms. The lowest BCUT2D eigenvalue weighted by Crippen LogP contribution is -2.59. The van der Waals surface area contributed by atoms with Crippen molar-refractivity contribution in [2.75, 3.05) is 14.1 Å². The van der Waals surface area contributed by atoms with E-state index >= 15 is 0 Å². The molecule has 0 aromatic carbocycles. The second kappa shape index (κ2) is 14.2. The molecule has 256 valence electrons. The molecule has 1 unspecified atom stereocenters. The van der Waals surface area contributed by atoms with E-state index in [1.54, 1.807) is 34.6 Å². The number of rotatable bonds is 5. The first-order valence-electron chi connectivity index (χ1n) is 16.0. The van der Waals surface area contributed by atoms with E-state index in [-0.39, 0.29) is 35.4 Å². The van der Waals surface area contributed by atoms with Crippen LogP contribution in [-0.2, 0) is 38.1 Å². The summed E-state index contributed by atoms with van der Waals surface area (Å²) in [6.07, 6.45) is -2.85. The minimum Gasteiger partial charge on any atom is -0.459 e. The van der Waals surface area contributed by atoms with Gasteiger partial charge in [0.1, 0.15) is 29.5 Å². The maximum absolute atomic E-state index is 14.1. The first-order valence-corrected chi connectivity index (χ1v) is 16.4. The van der Waals surface area contributed by atoms with Crippen molar-refractivity contribution in [1.29, 1.82) is 0 Å². The third-order valence-electron chi connectivity index (χ3n) is 10.2. The number of ether oxygens (including phenoxy) is 5. The fourth-order valence-corrected chi connectivity index (χ4v) is 7.95. The Morgan fingerprint density at radius 1 is 1.07 bits per heavy atom. The lowest BCUT2D eigenvalue weighted by molar-refractivity contribution is -0.277. The Labute approximate surface area is 272 Å². The van der Waals surface area contributed by atoms with Crippen molar-refractivity contribution < 1.29 is 42.9 Å². The topological polar surface area (TPSA) is 156 Å². The van der Waals surface area contributed by atoms with Crippen molar-refractivity contribution in [2.45, 2.75) is 129 Å². The van der Waals surface area contributed by atoms with E-state index in [1.165, 1.54) is 6.92 Å². The highest BCUT2D eigenvalue weighted by molar-refractivity contribution is 7.80. The third kappa shape index (κ3) is 7.63. The van der Waals surface area contributed by atoms with Crippen LogP contribution in [0.25, 0.3) is 0 Å². The molecule has 3 rings (SSSR count). The van der Waals surface area contributed by atoms with Gasteiger partial charge in [0.15, 0.2) is 17.7 Å². The van der Waals surface area contributed by atoms with E-state index in [9.17, 15) is 19.2 Å². The first-order chi connectivity index (χ1) is 20.8. The summed E-state index contributed by atoms with van der Waals surface area (Å²) in [5, 5.41) is 3.19. The van der Waals surface area contributed by atoms with Gasteiger partial charge in [0.25, 0.3) is 5.17 Å². The van der Waals surface area contributed by atoms with E-state index in [0.29, 0.717) is 6.42 Å². The Balaban J connectivity index is 2.15. The highest BCUT2D eigenvalue weighted by Gasteiger charge is 2.56. The van der Waals surface area contributed by atoms with Crippen LogP contribution in [0.1, 0.15) is 81.6 Å². The second-order valence-corrected chi connectivity index (χ2v) is 14.3. The fraction of sp³-hybridized carbons (Fsp3) is 0.844. The van der Waals surface area contributed by atoms with Gasteiger partial charge < -0.3 is 39.6 Å². The lowest BCUT2D eigenvalue weighted by Gasteiger charge is -2.47. The Morgan fingerprint density at radius 2 is 1.69 bits per heavy atom. The molecule has 1 amide bonds. The standard InChI is InChI=1S/C32H53N3O9S/c1-12-22-32(9)25(34-30(45)44-32)18(5)23(36)15(2)14-31(8,43-29(33)39)26(19(6)24(37)20(7)27(38)41-22)42-28-17(4)21(35(10)11)13-16(3)40-28/h15-22,25-26,28H,12-14H2,1-11H3,(H2,33,39)(H,34,45)/t15-,16-,17-,18+,19+,20-,21+,22-,25-,26-,28?,31-,32-/m1/s1. The number of fused-ring (bicyclic) bond motifs is 1. The van der Waals surface area contributed by atoms with E-state index in [0.717, 1.165) is 6.42 Å². The largest absolute Gasteiger partial charge is 0.459 e. The van der Waals surface area contributed by atoms with Gasteiger partial charge in [0.05, 0.1) is 12.1 Å². The van der Waals surface area contributed by atoms with Gasteiger partial charge in [-0.05, 0) is 73.3 Å². The van der Waals surface area contributed by atoms with Gasteiger partial charge in [0.2, 0.25) is 0 Å². The quantitative estimate of drug-likeness (QED) is 0.253. The molecule has 3 aliphatic heterocycles. The van der Waals surface area contributed by atoms with E-state index in [1.807, 2.05) is 34.9 Å². The summed E-state index contributed by atoms with van der Waals surface area (Å²) in [6, 6.07) is -0.531. The van der Waals surface area contributed by atoms with Gasteiger partial charge >= 0.3 is 12.1 Å². The van der Waals surface area contributed by atoms with Crippen LogP contribution < -0.4 is 11.1 Å². The zero-order valence-corrected chi connectivity index (χ0v) is 29.4. The van der Waals surface area contributed by atoms with Crippen molar-refractivity contribution in [3.05, 3.63) is 0 Å². The molecule has 0 aromatic heterocycles. The first kappa shape index (κ1) is 37.1. The van der Waals surface area contributed by atoms with Gasteiger partial charge in [-0.3, -0.25) is 14.4 Å². The molecule has 3 aliphatic rings. The van der Waals surface area contributed by atoms with Gasteiger partial charge in [-0.15, -0.1) is 0 Å². The maximum Gasteiger partial charge on any atom is 0.405 e. The second-order valence-electron chi connectivity index (χ2n) is 14.0. The number of ketones is 2. The van der Waals surface area contributed by atoms with Crippen LogP contribution in [0.15, 0.2) is 0 Å². The van der Waals surface area contributed by atoms with Gasteiger partial charge in [0, 0.05) is 29.7 Å². The van der Waals surface area contributed by atoms with Crippen LogP contribution in [0, 0.1) is 29.6 Å². The summed E-state index contributed by atoms with van der Waals surface area (Å²) in [5.41, 5.74) is 2.86. The number of carbonyl (C=O) groups excluding carboxylic acids is 4. The highest BCUT2D eigenvalue weighted by Crippen LogP contribution is 2.41. The normalized spacial score (nSPS) is 43.5. The monoisotopic (exact) mass is 655 g/mol. The van der Waals surface area contributed by atoms with Crippen LogP contribution in [0.4, 0.5) is 4.79 Å². The molecule has 3 fully saturated rings. The average Bonchev–Trinajstić information content (AvgIpc) is 3.26. The van der Waals surface area contributed by atoms with Crippen molar-refractivity contribution >= 4 is 41.0 Å². The molecule has 0 radical (unpaired) electrons. The molecular weight excluding hydrogens is 602 g/mol. The zero-order valence-electron chi connectivity index (χ0n) is 28.6. The predicted molar refractivity (Wildman–Crippen MR) is 170 cm³/mol. The summed E-state index contributed by atoms with van der Waals surface area (Å²) in [4.78, 5) is 56.3. The van der Waals surface area contributed by atoms with Crippen molar-refractivity contribution in [2.24, 2.45) is 35.3 Å². The van der Waals surface area contributed by atoms with Crippen LogP contribution in [0.2, 0.25) is 0 Å². The van der Waals surface area contributed by atoms with Crippen molar-refractivity contribution in [3.8, 4) is 0 Å². The molecule has 0 saturated carbocycles. The Morgan fingerprint density at radius 3 is 2.24 bits per heavy atom. The van der Waals surface area contributed by atoms with Crippen LogP contribution in [-0.4, -0.2) is 95.7 Å². The molecule has 45 heavy (non-hydrogen) atoms. The number of nitrogens with two attached hydrogens (primary N) is 1. The summed E-state index contributed by atoms with van der Waals surface area (Å²) >= 11 is 5.34. The molecule has 3 N–H and O–H groups in total. The molecule has 0 aliphatic carbocycles. The number of primary amides is 1. The number of Topliss-reactive ketones (excluding diaryl/α,β-unsaturated/α-hetero) is 2. The van der Waals surface area contributed by atoms with E-state index < -0.39 is 77.3 Å². The SMILES string of the molecule is CC[C@H]1OC(=O)[C@H](C)C(=O)[C@H](C)[C@@H](OC2O[C@H](C)C[C@H](N(C)C)[C@H]2C)[C@](C)(OC(N)=O)C[C@@H](C)C(=O)[C@H](C)[C@H]2NC(=S)O[C@@]21C. The molecule has 3 heterocycles. The average molecular weight is 656 g/mol. The van der Waals surface area contributed by atoms with Crippen LogP contribution >= 0.6 is 12.2 Å². The maximum atomic E-state index is 14.1. The fourth-order valence-electron chi connectivity index (χ4n) is 7.64. The minimum atomic E-state index is -1.56. The number of hydrogen-bond donors (Lipinski definition) is 2. The summed E-state index contributed by atoms with van der Waals surface area (Å²) in [6.45, 7) is 15.8. The minimum absolute atomic E-state index is 0.0140. The number of amides is 1. The van der Waals surface area contributed by atoms with Crippen LogP contribution in [0.5, 0.6) is 0 Å². The number of esters is 1.